The molecule has 9 heteroatoms. The summed E-state index contributed by atoms with van der Waals surface area (Å²) in [5.74, 6) is 0.712. The topological polar surface area (TPSA) is 118 Å². The van der Waals surface area contributed by atoms with Crippen LogP contribution in [0.4, 0.5) is 16.2 Å². The smallest absolute Gasteiger partial charge is 0.319 e. The first-order valence-electron chi connectivity index (χ1n) is 9.41. The van der Waals surface area contributed by atoms with E-state index in [0.29, 0.717) is 34.9 Å². The molecule has 4 amide bonds. The van der Waals surface area contributed by atoms with Gasteiger partial charge in [-0.2, -0.15) is 0 Å². The zero-order chi connectivity index (χ0) is 21.9. The Labute approximate surface area is 175 Å². The number of methoxy groups -OCH3 is 2. The minimum atomic E-state index is -0.427. The Kier molecular flexibility index (Phi) is 8.49. The minimum Gasteiger partial charge on any atom is -0.497 e. The van der Waals surface area contributed by atoms with Crippen molar-refractivity contribution in [3.8, 4) is 11.5 Å². The van der Waals surface area contributed by atoms with E-state index in [2.05, 4.69) is 21.3 Å². The van der Waals surface area contributed by atoms with Crippen LogP contribution in [0.25, 0.3) is 0 Å². The molecule has 0 spiro atoms. The van der Waals surface area contributed by atoms with Crippen LogP contribution < -0.4 is 30.7 Å². The van der Waals surface area contributed by atoms with Crippen LogP contribution in [0.3, 0.4) is 0 Å². The second-order valence-electron chi connectivity index (χ2n) is 6.18. The second kappa shape index (κ2) is 11.3. The summed E-state index contributed by atoms with van der Waals surface area (Å²) in [6.45, 7) is 2.25. The number of urea groups is 1. The minimum absolute atomic E-state index is 0.0937. The van der Waals surface area contributed by atoms with Gasteiger partial charge in [0.2, 0.25) is 5.91 Å². The summed E-state index contributed by atoms with van der Waals surface area (Å²) in [5, 5.41) is 10.8. The molecule has 0 aliphatic carbocycles. The Bertz CT molecular complexity index is 883. The molecule has 2 rings (SSSR count). The van der Waals surface area contributed by atoms with Gasteiger partial charge in [0, 0.05) is 36.8 Å². The molecule has 4 N–H and O–H groups in total. The summed E-state index contributed by atoms with van der Waals surface area (Å²) in [7, 11) is 3.04. The summed E-state index contributed by atoms with van der Waals surface area (Å²) in [4.78, 5) is 35.6. The lowest BCUT2D eigenvalue weighted by atomic mass is 10.2. The van der Waals surface area contributed by atoms with Crippen molar-refractivity contribution in [3.63, 3.8) is 0 Å². The molecule has 0 saturated carbocycles. The second-order valence-corrected chi connectivity index (χ2v) is 6.18. The van der Waals surface area contributed by atoms with Gasteiger partial charge >= 0.3 is 6.03 Å². The summed E-state index contributed by atoms with van der Waals surface area (Å²) in [5.41, 5.74) is 1.58. The van der Waals surface area contributed by atoms with Gasteiger partial charge in [0.1, 0.15) is 11.5 Å². The van der Waals surface area contributed by atoms with Crippen molar-refractivity contribution in [2.45, 2.75) is 13.3 Å². The largest absolute Gasteiger partial charge is 0.497 e. The average molecular weight is 414 g/mol. The first kappa shape index (κ1) is 22.5. The summed E-state index contributed by atoms with van der Waals surface area (Å²) < 4.78 is 10.3. The summed E-state index contributed by atoms with van der Waals surface area (Å²) >= 11 is 0. The number of hydrogen-bond donors (Lipinski definition) is 4. The van der Waals surface area contributed by atoms with Crippen molar-refractivity contribution in [3.05, 3.63) is 48.0 Å². The third-order valence-electron chi connectivity index (χ3n) is 4.10. The van der Waals surface area contributed by atoms with Crippen molar-refractivity contribution in [1.82, 2.24) is 10.6 Å². The molecule has 2 aromatic carbocycles. The number of nitrogens with one attached hydrogen (secondary N) is 4. The molecule has 0 fully saturated rings. The molecule has 0 unspecified atom stereocenters. The predicted molar refractivity (Wildman–Crippen MR) is 114 cm³/mol. The summed E-state index contributed by atoms with van der Waals surface area (Å²) in [6, 6.07) is 11.2. The maximum Gasteiger partial charge on any atom is 0.319 e. The molecule has 160 valence electrons. The van der Waals surface area contributed by atoms with Crippen LogP contribution in [0.2, 0.25) is 0 Å². The van der Waals surface area contributed by atoms with E-state index in [0.717, 1.165) is 0 Å². The number of rotatable bonds is 9. The molecule has 9 nitrogen and oxygen atoms in total. The maximum absolute atomic E-state index is 12.2. The van der Waals surface area contributed by atoms with Crippen LogP contribution >= 0.6 is 0 Å². The Morgan fingerprint density at radius 3 is 2.20 bits per heavy atom. The zero-order valence-electron chi connectivity index (χ0n) is 17.2. The van der Waals surface area contributed by atoms with Gasteiger partial charge < -0.3 is 30.7 Å². The fourth-order valence-electron chi connectivity index (χ4n) is 2.48. The third kappa shape index (κ3) is 6.69. The molecule has 2 aromatic rings. The quantitative estimate of drug-likeness (QED) is 0.471. The summed E-state index contributed by atoms with van der Waals surface area (Å²) in [6.07, 6.45) is 0.383. The highest BCUT2D eigenvalue weighted by atomic mass is 16.5. The lowest BCUT2D eigenvalue weighted by molar-refractivity contribution is -0.115. The standard InChI is InChI=1S/C21H26N4O5/c1-4-19(26)24-15-7-5-14(6-8-15)20(27)22-11-12-23-21(28)25-17-10-9-16(29-2)13-18(17)30-3/h5-10,13H,4,11-12H2,1-3H3,(H,22,27)(H,24,26)(H2,23,25,28). The third-order valence-corrected chi connectivity index (χ3v) is 4.10. The van der Waals surface area contributed by atoms with Crippen molar-refractivity contribution in [2.75, 3.05) is 37.9 Å². The van der Waals surface area contributed by atoms with Crippen molar-refractivity contribution >= 4 is 29.2 Å². The average Bonchev–Trinajstić information content (AvgIpc) is 2.77. The van der Waals surface area contributed by atoms with Crippen molar-refractivity contribution < 1.29 is 23.9 Å². The van der Waals surface area contributed by atoms with E-state index in [-0.39, 0.29) is 24.9 Å². The SMILES string of the molecule is CCC(=O)Nc1ccc(C(=O)NCCNC(=O)Nc2ccc(OC)cc2OC)cc1. The normalized spacial score (nSPS) is 9.97. The van der Waals surface area contributed by atoms with Gasteiger partial charge in [-0.1, -0.05) is 6.92 Å². The van der Waals surface area contributed by atoms with E-state index in [1.807, 2.05) is 0 Å². The highest BCUT2D eigenvalue weighted by Crippen LogP contribution is 2.28. The molecular weight excluding hydrogens is 388 g/mol. The van der Waals surface area contributed by atoms with Crippen LogP contribution in [0.1, 0.15) is 23.7 Å². The van der Waals surface area contributed by atoms with E-state index >= 15 is 0 Å². The van der Waals surface area contributed by atoms with E-state index in [9.17, 15) is 14.4 Å². The Balaban J connectivity index is 1.76. The van der Waals surface area contributed by atoms with Gasteiger partial charge in [-0.25, -0.2) is 4.79 Å². The lowest BCUT2D eigenvalue weighted by Gasteiger charge is -2.12. The fourth-order valence-corrected chi connectivity index (χ4v) is 2.48. The van der Waals surface area contributed by atoms with Crippen molar-refractivity contribution in [2.24, 2.45) is 0 Å². The molecule has 30 heavy (non-hydrogen) atoms. The fraction of sp³-hybridized carbons (Fsp3) is 0.286. The number of hydrogen-bond acceptors (Lipinski definition) is 5. The van der Waals surface area contributed by atoms with Crippen molar-refractivity contribution in [1.29, 1.82) is 0 Å². The molecular formula is C21H26N4O5. The lowest BCUT2D eigenvalue weighted by Crippen LogP contribution is -2.36. The van der Waals surface area contributed by atoms with E-state index in [1.54, 1.807) is 56.5 Å². The first-order chi connectivity index (χ1) is 14.5. The highest BCUT2D eigenvalue weighted by Gasteiger charge is 2.09. The Morgan fingerprint density at radius 2 is 1.57 bits per heavy atom. The van der Waals surface area contributed by atoms with Gasteiger partial charge in [0.25, 0.3) is 5.91 Å². The number of benzene rings is 2. The zero-order valence-corrected chi connectivity index (χ0v) is 17.2. The van der Waals surface area contributed by atoms with E-state index in [1.165, 1.54) is 7.11 Å². The molecule has 0 aliphatic rings. The van der Waals surface area contributed by atoms with E-state index in [4.69, 9.17) is 9.47 Å². The molecule has 0 aromatic heterocycles. The van der Waals surface area contributed by atoms with Crippen LogP contribution in [0.5, 0.6) is 11.5 Å². The van der Waals surface area contributed by atoms with Crippen LogP contribution in [0, 0.1) is 0 Å². The van der Waals surface area contributed by atoms with Gasteiger partial charge in [-0.3, -0.25) is 9.59 Å². The van der Waals surface area contributed by atoms with Crippen LogP contribution in [-0.4, -0.2) is 45.2 Å². The Hall–Kier alpha value is -3.75. The predicted octanol–water partition coefficient (Wildman–Crippen LogP) is 2.60. The van der Waals surface area contributed by atoms with Crippen LogP contribution in [0.15, 0.2) is 42.5 Å². The van der Waals surface area contributed by atoms with Gasteiger partial charge in [0.15, 0.2) is 0 Å². The molecule has 0 bridgehead atoms. The molecule has 0 atom stereocenters. The maximum atomic E-state index is 12.2. The Morgan fingerprint density at radius 1 is 0.867 bits per heavy atom. The molecule has 0 radical (unpaired) electrons. The molecule has 0 heterocycles. The number of anilines is 2. The highest BCUT2D eigenvalue weighted by molar-refractivity contribution is 5.96. The molecule has 0 saturated heterocycles. The van der Waals surface area contributed by atoms with Gasteiger partial charge in [-0.15, -0.1) is 0 Å². The number of ether oxygens (including phenoxy) is 2. The molecule has 0 aliphatic heterocycles. The monoisotopic (exact) mass is 414 g/mol. The van der Waals surface area contributed by atoms with Crippen LogP contribution in [-0.2, 0) is 4.79 Å². The van der Waals surface area contributed by atoms with Gasteiger partial charge in [-0.05, 0) is 36.4 Å². The number of amides is 4. The van der Waals surface area contributed by atoms with Gasteiger partial charge in [0.05, 0.1) is 19.9 Å². The number of carbonyl (C=O) groups excluding carboxylic acids is 3. The van der Waals surface area contributed by atoms with E-state index < -0.39 is 6.03 Å². The first-order valence-corrected chi connectivity index (χ1v) is 9.41. The number of carbonyl (C=O) groups is 3.